The molecule has 0 radical (unpaired) electrons. The third-order valence-corrected chi connectivity index (χ3v) is 8.24. The maximum absolute atomic E-state index is 15.7. The molecule has 9 heteroatoms. The molecule has 6 rings (SSSR count). The standard InChI is InChI=1S/C29H28FN5O2S/c1-35-15-14-31-28(35)27-33-26(32-18-12-13-19(16-18)36-2)23-22(17-8-5-4-6-9-17)25(38-29(23)34-27)20-10-7-11-21(37-3)24(20)30/h4-11,14-15,18-19H,12-13,16H2,1-3H3,(H,32,33,34)/t18-,19+/m1/s1. The number of imidazole rings is 1. The summed E-state index contributed by atoms with van der Waals surface area (Å²) < 4.78 is 28.5. The van der Waals surface area contributed by atoms with Gasteiger partial charge in [0, 0.05) is 48.6 Å². The van der Waals surface area contributed by atoms with Crippen LogP contribution in [0.15, 0.2) is 60.9 Å². The normalized spacial score (nSPS) is 17.3. The average Bonchev–Trinajstić information content (AvgIpc) is 3.67. The van der Waals surface area contributed by atoms with Crippen LogP contribution in [0.1, 0.15) is 19.3 Å². The van der Waals surface area contributed by atoms with Crippen molar-refractivity contribution >= 4 is 27.4 Å². The Morgan fingerprint density at radius 1 is 1.05 bits per heavy atom. The van der Waals surface area contributed by atoms with E-state index in [9.17, 15) is 0 Å². The SMILES string of the molecule is COc1cccc(-c2sc3nc(-c4nccn4C)nc(N[C@@H]4CC[C@H](OC)C4)c3c2-c2ccccc2)c1F. The number of rotatable bonds is 7. The number of hydrogen-bond donors (Lipinski definition) is 1. The molecular formula is C29H28FN5O2S. The molecule has 1 aliphatic carbocycles. The molecule has 1 aliphatic rings. The topological polar surface area (TPSA) is 74.1 Å². The van der Waals surface area contributed by atoms with E-state index in [1.807, 2.05) is 54.2 Å². The van der Waals surface area contributed by atoms with Gasteiger partial charge in [-0.05, 0) is 30.9 Å². The number of methoxy groups -OCH3 is 2. The first-order valence-electron chi connectivity index (χ1n) is 12.6. The zero-order valence-corrected chi connectivity index (χ0v) is 22.3. The number of aryl methyl sites for hydroxylation is 1. The number of halogens is 1. The molecule has 1 fully saturated rings. The zero-order chi connectivity index (χ0) is 26.2. The average molecular weight is 530 g/mol. The Bertz CT molecular complexity index is 1600. The van der Waals surface area contributed by atoms with E-state index >= 15 is 4.39 Å². The monoisotopic (exact) mass is 529 g/mol. The van der Waals surface area contributed by atoms with E-state index in [0.717, 1.165) is 51.3 Å². The molecule has 3 heterocycles. The Labute approximate surface area is 224 Å². The minimum atomic E-state index is -0.399. The maximum Gasteiger partial charge on any atom is 0.199 e. The molecule has 5 aromatic rings. The van der Waals surface area contributed by atoms with Crippen molar-refractivity contribution < 1.29 is 13.9 Å². The van der Waals surface area contributed by atoms with Gasteiger partial charge in [-0.1, -0.05) is 42.5 Å². The lowest BCUT2D eigenvalue weighted by Crippen LogP contribution is -2.18. The second-order valence-corrected chi connectivity index (χ2v) is 10.4. The number of ether oxygens (including phenoxy) is 2. The first-order chi connectivity index (χ1) is 18.6. The smallest absolute Gasteiger partial charge is 0.199 e. The number of nitrogens with one attached hydrogen (secondary N) is 1. The van der Waals surface area contributed by atoms with Crippen LogP contribution >= 0.6 is 11.3 Å². The molecule has 0 saturated heterocycles. The number of nitrogens with zero attached hydrogens (tertiary/aromatic N) is 4. The van der Waals surface area contributed by atoms with Crippen molar-refractivity contribution in [2.24, 2.45) is 7.05 Å². The van der Waals surface area contributed by atoms with Crippen molar-refractivity contribution in [1.82, 2.24) is 19.5 Å². The fourth-order valence-electron chi connectivity index (χ4n) is 5.18. The van der Waals surface area contributed by atoms with Crippen molar-refractivity contribution in [2.75, 3.05) is 19.5 Å². The predicted molar refractivity (Wildman–Crippen MR) is 149 cm³/mol. The highest BCUT2D eigenvalue weighted by molar-refractivity contribution is 7.22. The summed E-state index contributed by atoms with van der Waals surface area (Å²) >= 11 is 1.45. The Kier molecular flexibility index (Phi) is 6.55. The summed E-state index contributed by atoms with van der Waals surface area (Å²) in [5.41, 5.74) is 2.33. The quantitative estimate of drug-likeness (QED) is 0.258. The van der Waals surface area contributed by atoms with E-state index < -0.39 is 5.82 Å². The lowest BCUT2D eigenvalue weighted by molar-refractivity contribution is 0.108. The second kappa shape index (κ2) is 10.2. The van der Waals surface area contributed by atoms with Gasteiger partial charge >= 0.3 is 0 Å². The van der Waals surface area contributed by atoms with E-state index in [1.165, 1.54) is 18.4 Å². The Morgan fingerprint density at radius 2 is 1.89 bits per heavy atom. The molecule has 0 aliphatic heterocycles. The summed E-state index contributed by atoms with van der Waals surface area (Å²) in [6.07, 6.45) is 6.68. The number of hydrogen-bond acceptors (Lipinski definition) is 7. The molecule has 0 amide bonds. The van der Waals surface area contributed by atoms with Crippen LogP contribution in [0.4, 0.5) is 10.2 Å². The molecule has 0 unspecified atom stereocenters. The third-order valence-electron chi connectivity index (χ3n) is 7.12. The third kappa shape index (κ3) is 4.31. The summed E-state index contributed by atoms with van der Waals surface area (Å²) in [6, 6.07) is 15.5. The molecule has 2 aromatic carbocycles. The molecule has 194 valence electrons. The highest BCUT2D eigenvalue weighted by Crippen LogP contribution is 2.48. The molecule has 1 N–H and O–H groups in total. The molecule has 2 atom stereocenters. The highest BCUT2D eigenvalue weighted by Gasteiger charge is 2.29. The lowest BCUT2D eigenvalue weighted by Gasteiger charge is -2.16. The zero-order valence-electron chi connectivity index (χ0n) is 21.4. The number of aromatic nitrogens is 4. The molecular weight excluding hydrogens is 501 g/mol. The Hall–Kier alpha value is -3.82. The first-order valence-corrected chi connectivity index (χ1v) is 13.4. The fourth-order valence-corrected chi connectivity index (χ4v) is 6.39. The van der Waals surface area contributed by atoms with Crippen LogP contribution in [0.2, 0.25) is 0 Å². The van der Waals surface area contributed by atoms with E-state index in [-0.39, 0.29) is 17.9 Å². The molecule has 0 bridgehead atoms. The molecule has 38 heavy (non-hydrogen) atoms. The number of fused-ring (bicyclic) bond motifs is 1. The number of benzene rings is 2. The Morgan fingerprint density at radius 3 is 2.61 bits per heavy atom. The summed E-state index contributed by atoms with van der Waals surface area (Å²) in [4.78, 5) is 16.0. The highest BCUT2D eigenvalue weighted by atomic mass is 32.1. The minimum Gasteiger partial charge on any atom is -0.494 e. The summed E-state index contributed by atoms with van der Waals surface area (Å²) in [5.74, 6) is 1.71. The van der Waals surface area contributed by atoms with Crippen molar-refractivity contribution in [1.29, 1.82) is 0 Å². The van der Waals surface area contributed by atoms with Crippen LogP contribution in [-0.2, 0) is 11.8 Å². The fraction of sp³-hybridized carbons (Fsp3) is 0.276. The van der Waals surface area contributed by atoms with E-state index in [0.29, 0.717) is 17.2 Å². The van der Waals surface area contributed by atoms with Gasteiger partial charge < -0.3 is 19.4 Å². The molecule has 3 aromatic heterocycles. The largest absolute Gasteiger partial charge is 0.494 e. The van der Waals surface area contributed by atoms with Crippen molar-refractivity contribution in [2.45, 2.75) is 31.4 Å². The second-order valence-electron chi connectivity index (χ2n) is 9.44. The first kappa shape index (κ1) is 24.5. The van der Waals surface area contributed by atoms with Crippen molar-refractivity contribution in [3.05, 3.63) is 66.7 Å². The van der Waals surface area contributed by atoms with E-state index in [4.69, 9.17) is 19.4 Å². The minimum absolute atomic E-state index is 0.202. The Balaban J connectivity index is 1.63. The van der Waals surface area contributed by atoms with Gasteiger partial charge in [-0.25, -0.2) is 19.3 Å². The molecule has 0 spiro atoms. The van der Waals surface area contributed by atoms with Gasteiger partial charge in [0.15, 0.2) is 23.2 Å². The summed E-state index contributed by atoms with van der Waals surface area (Å²) in [6.45, 7) is 0. The van der Waals surface area contributed by atoms with Gasteiger partial charge in [0.1, 0.15) is 10.6 Å². The van der Waals surface area contributed by atoms with Crippen molar-refractivity contribution in [3.8, 4) is 39.0 Å². The number of thiophene rings is 1. The maximum atomic E-state index is 15.7. The van der Waals surface area contributed by atoms with Crippen LogP contribution in [0.5, 0.6) is 5.75 Å². The predicted octanol–water partition coefficient (Wildman–Crippen LogP) is 6.55. The summed E-state index contributed by atoms with van der Waals surface area (Å²) in [5, 5.41) is 4.57. The van der Waals surface area contributed by atoms with Gasteiger partial charge in [0.25, 0.3) is 0 Å². The van der Waals surface area contributed by atoms with Crippen LogP contribution in [0, 0.1) is 5.82 Å². The van der Waals surface area contributed by atoms with E-state index in [1.54, 1.807) is 25.4 Å². The van der Waals surface area contributed by atoms with Crippen LogP contribution in [0.25, 0.3) is 43.4 Å². The van der Waals surface area contributed by atoms with Crippen LogP contribution in [0.3, 0.4) is 0 Å². The number of anilines is 1. The summed E-state index contributed by atoms with van der Waals surface area (Å²) in [7, 11) is 5.16. The van der Waals surface area contributed by atoms with Gasteiger partial charge in [-0.3, -0.25) is 0 Å². The van der Waals surface area contributed by atoms with Crippen LogP contribution in [-0.4, -0.2) is 45.9 Å². The molecule has 1 saturated carbocycles. The van der Waals surface area contributed by atoms with Gasteiger partial charge in [-0.15, -0.1) is 11.3 Å². The van der Waals surface area contributed by atoms with Gasteiger partial charge in [0.05, 0.1) is 18.6 Å². The van der Waals surface area contributed by atoms with E-state index in [2.05, 4.69) is 10.3 Å². The van der Waals surface area contributed by atoms with Gasteiger partial charge in [-0.2, -0.15) is 0 Å². The van der Waals surface area contributed by atoms with Gasteiger partial charge in [0.2, 0.25) is 0 Å². The van der Waals surface area contributed by atoms with Crippen LogP contribution < -0.4 is 10.1 Å². The molecule has 7 nitrogen and oxygen atoms in total. The lowest BCUT2D eigenvalue weighted by atomic mass is 9.99. The van der Waals surface area contributed by atoms with Crippen molar-refractivity contribution in [3.63, 3.8) is 0 Å².